The van der Waals surface area contributed by atoms with Crippen LogP contribution in [0.4, 0.5) is 4.39 Å². The van der Waals surface area contributed by atoms with Crippen LogP contribution >= 0.6 is 0 Å². The van der Waals surface area contributed by atoms with E-state index in [0.717, 1.165) is 33.4 Å². The molecule has 5 nitrogen and oxygen atoms in total. The smallest absolute Gasteiger partial charge is 0.252 e. The van der Waals surface area contributed by atoms with Gasteiger partial charge in [-0.25, -0.2) is 14.6 Å². The lowest BCUT2D eigenvalue weighted by atomic mass is 9.83. The SMILES string of the molecule is CC(C)(c1cccc(-c2cnc(F)nc2)n1)c1nn(-c2cccc3ccccc23)c2ccccc12. The van der Waals surface area contributed by atoms with Gasteiger partial charge in [-0.15, -0.1) is 0 Å². The summed E-state index contributed by atoms with van der Waals surface area (Å²) < 4.78 is 15.3. The van der Waals surface area contributed by atoms with Gasteiger partial charge in [0.05, 0.1) is 33.7 Å². The van der Waals surface area contributed by atoms with Gasteiger partial charge in [0.1, 0.15) is 0 Å². The van der Waals surface area contributed by atoms with Gasteiger partial charge in [0.2, 0.25) is 0 Å². The molecule has 0 saturated heterocycles. The van der Waals surface area contributed by atoms with Crippen molar-refractivity contribution in [2.45, 2.75) is 19.3 Å². The average Bonchev–Trinajstić information content (AvgIpc) is 3.29. The Morgan fingerprint density at radius 1 is 0.743 bits per heavy atom. The number of aromatic nitrogens is 5. The van der Waals surface area contributed by atoms with Gasteiger partial charge in [0, 0.05) is 28.7 Å². The summed E-state index contributed by atoms with van der Waals surface area (Å²) in [6.45, 7) is 4.25. The first-order valence-electron chi connectivity index (χ1n) is 11.4. The highest BCUT2D eigenvalue weighted by atomic mass is 19.1. The first-order valence-corrected chi connectivity index (χ1v) is 11.4. The molecule has 3 heterocycles. The van der Waals surface area contributed by atoms with Gasteiger partial charge in [-0.3, -0.25) is 4.98 Å². The van der Waals surface area contributed by atoms with Crippen LogP contribution in [0, 0.1) is 6.08 Å². The normalized spacial score (nSPS) is 11.9. The quantitative estimate of drug-likeness (QED) is 0.283. The number of halogens is 1. The molecule has 0 aliphatic carbocycles. The van der Waals surface area contributed by atoms with Crippen LogP contribution in [0.15, 0.2) is 97.3 Å². The second-order valence-corrected chi connectivity index (χ2v) is 9.05. The number of pyridine rings is 1. The van der Waals surface area contributed by atoms with Crippen molar-refractivity contribution in [2.75, 3.05) is 0 Å². The molecule has 6 aromatic rings. The molecule has 3 aromatic heterocycles. The van der Waals surface area contributed by atoms with Crippen molar-refractivity contribution in [3.8, 4) is 16.9 Å². The largest absolute Gasteiger partial charge is 0.308 e. The number of hydrogen-bond donors (Lipinski definition) is 0. The fourth-order valence-electron chi connectivity index (χ4n) is 4.61. The standard InChI is InChI=1S/C29H22FN5/c1-29(2,26-16-8-13-23(33-26)20-17-31-28(30)32-18-20)27-22-12-5-6-14-25(22)35(34-27)24-15-7-10-19-9-3-4-11-21(19)24/h3-18H,1-2H3. The van der Waals surface area contributed by atoms with E-state index in [1.807, 2.05) is 41.1 Å². The molecule has 0 aliphatic heterocycles. The minimum atomic E-state index is -0.754. The zero-order valence-corrected chi connectivity index (χ0v) is 19.4. The highest BCUT2D eigenvalue weighted by Gasteiger charge is 2.31. The molecule has 0 N–H and O–H groups in total. The number of rotatable bonds is 4. The number of hydrogen-bond acceptors (Lipinski definition) is 4. The molecule has 0 fully saturated rings. The van der Waals surface area contributed by atoms with E-state index >= 15 is 0 Å². The number of benzene rings is 3. The maximum absolute atomic E-state index is 13.2. The molecule has 0 amide bonds. The third-order valence-electron chi connectivity index (χ3n) is 6.48. The maximum atomic E-state index is 13.2. The van der Waals surface area contributed by atoms with Crippen LogP contribution in [0.2, 0.25) is 0 Å². The lowest BCUT2D eigenvalue weighted by Crippen LogP contribution is -2.22. The van der Waals surface area contributed by atoms with Gasteiger partial charge in [-0.1, -0.05) is 60.7 Å². The summed E-state index contributed by atoms with van der Waals surface area (Å²) in [5, 5.41) is 8.56. The first kappa shape index (κ1) is 21.1. The Labute approximate surface area is 201 Å². The van der Waals surface area contributed by atoms with Crippen LogP contribution in [0.1, 0.15) is 25.2 Å². The molecule has 0 aliphatic rings. The Hall–Kier alpha value is -4.45. The summed E-state index contributed by atoms with van der Waals surface area (Å²) in [5.41, 5.74) is 4.70. The highest BCUT2D eigenvalue weighted by molar-refractivity contribution is 5.93. The van der Waals surface area contributed by atoms with E-state index in [9.17, 15) is 4.39 Å². The molecule has 0 unspecified atom stereocenters. The summed E-state index contributed by atoms with van der Waals surface area (Å²) in [6, 6.07) is 28.7. The van der Waals surface area contributed by atoms with Crippen LogP contribution in [0.3, 0.4) is 0 Å². The van der Waals surface area contributed by atoms with E-state index in [0.29, 0.717) is 11.3 Å². The monoisotopic (exact) mass is 459 g/mol. The average molecular weight is 460 g/mol. The van der Waals surface area contributed by atoms with Crippen LogP contribution in [-0.2, 0) is 5.41 Å². The summed E-state index contributed by atoms with van der Waals surface area (Å²) in [5.74, 6) is 0. The van der Waals surface area contributed by atoms with Gasteiger partial charge in [-0.05, 0) is 43.5 Å². The third kappa shape index (κ3) is 3.54. The van der Waals surface area contributed by atoms with Crippen molar-refractivity contribution in [3.05, 3.63) is 115 Å². The Morgan fingerprint density at radius 3 is 2.26 bits per heavy atom. The molecule has 0 spiro atoms. The predicted molar refractivity (Wildman–Crippen MR) is 136 cm³/mol. The van der Waals surface area contributed by atoms with E-state index in [1.54, 1.807) is 0 Å². The Morgan fingerprint density at radius 2 is 1.43 bits per heavy atom. The Balaban J connectivity index is 1.53. The summed E-state index contributed by atoms with van der Waals surface area (Å²) >= 11 is 0. The molecular weight excluding hydrogens is 437 g/mol. The predicted octanol–water partition coefficient (Wildman–Crippen LogP) is 6.50. The van der Waals surface area contributed by atoms with Crippen LogP contribution in [0.25, 0.3) is 38.6 Å². The third-order valence-corrected chi connectivity index (χ3v) is 6.48. The summed E-state index contributed by atoms with van der Waals surface area (Å²) in [4.78, 5) is 12.3. The van der Waals surface area contributed by atoms with E-state index in [4.69, 9.17) is 10.1 Å². The van der Waals surface area contributed by atoms with E-state index < -0.39 is 11.5 Å². The van der Waals surface area contributed by atoms with E-state index in [1.165, 1.54) is 17.8 Å². The lowest BCUT2D eigenvalue weighted by molar-refractivity contribution is 0.539. The molecule has 0 saturated carbocycles. The van der Waals surface area contributed by atoms with Gasteiger partial charge >= 0.3 is 6.08 Å². The highest BCUT2D eigenvalue weighted by Crippen LogP contribution is 2.37. The zero-order valence-electron chi connectivity index (χ0n) is 19.4. The molecule has 0 bridgehead atoms. The van der Waals surface area contributed by atoms with Crippen LogP contribution in [0.5, 0.6) is 0 Å². The fourth-order valence-corrected chi connectivity index (χ4v) is 4.61. The van der Waals surface area contributed by atoms with Crippen LogP contribution in [-0.4, -0.2) is 24.7 Å². The molecule has 170 valence electrons. The van der Waals surface area contributed by atoms with Gasteiger partial charge in [-0.2, -0.15) is 9.49 Å². The molecule has 6 rings (SSSR count). The second-order valence-electron chi connectivity index (χ2n) is 9.05. The van der Waals surface area contributed by atoms with Gasteiger partial charge in [0.25, 0.3) is 0 Å². The minimum Gasteiger partial charge on any atom is -0.252 e. The summed E-state index contributed by atoms with van der Waals surface area (Å²) in [6.07, 6.45) is 2.15. The molecule has 0 radical (unpaired) electrons. The van der Waals surface area contributed by atoms with Crippen molar-refractivity contribution < 1.29 is 4.39 Å². The summed E-state index contributed by atoms with van der Waals surface area (Å²) in [7, 11) is 0. The minimum absolute atomic E-state index is 0.508. The Bertz CT molecular complexity index is 1680. The van der Waals surface area contributed by atoms with Gasteiger partial charge in [0.15, 0.2) is 0 Å². The number of para-hydroxylation sites is 1. The second kappa shape index (κ2) is 8.09. The molecule has 3 aromatic carbocycles. The number of nitrogens with zero attached hydrogens (tertiary/aromatic N) is 5. The van der Waals surface area contributed by atoms with E-state index in [2.05, 4.69) is 72.3 Å². The zero-order chi connectivity index (χ0) is 24.0. The lowest BCUT2D eigenvalue weighted by Gasteiger charge is -2.23. The molecule has 6 heteroatoms. The maximum Gasteiger partial charge on any atom is 0.308 e. The first-order chi connectivity index (χ1) is 17.0. The van der Waals surface area contributed by atoms with Crippen molar-refractivity contribution in [1.82, 2.24) is 24.7 Å². The molecule has 0 atom stereocenters. The fraction of sp³-hybridized carbons (Fsp3) is 0.103. The van der Waals surface area contributed by atoms with Crippen molar-refractivity contribution in [1.29, 1.82) is 0 Å². The Kier molecular flexibility index (Phi) is 4.88. The van der Waals surface area contributed by atoms with Gasteiger partial charge < -0.3 is 0 Å². The van der Waals surface area contributed by atoms with Crippen molar-refractivity contribution >= 4 is 21.7 Å². The van der Waals surface area contributed by atoms with Crippen molar-refractivity contribution in [2.24, 2.45) is 0 Å². The van der Waals surface area contributed by atoms with E-state index in [-0.39, 0.29) is 0 Å². The molecule has 35 heavy (non-hydrogen) atoms. The molecular formula is C29H22FN5. The van der Waals surface area contributed by atoms with Crippen molar-refractivity contribution in [3.63, 3.8) is 0 Å². The number of fused-ring (bicyclic) bond motifs is 2. The van der Waals surface area contributed by atoms with Crippen LogP contribution < -0.4 is 0 Å². The topological polar surface area (TPSA) is 56.5 Å².